The van der Waals surface area contributed by atoms with Gasteiger partial charge in [0.05, 0.1) is 0 Å². The van der Waals surface area contributed by atoms with Crippen LogP contribution in [0.25, 0.3) is 0 Å². The molecular formula is C39H50N2O2. The molecule has 0 fully saturated rings. The molecule has 0 aliphatic rings. The van der Waals surface area contributed by atoms with Gasteiger partial charge < -0.3 is 20.9 Å². The molecule has 4 rings (SSSR count). The van der Waals surface area contributed by atoms with Crippen LogP contribution in [0.4, 0.5) is 11.4 Å². The highest BCUT2D eigenvalue weighted by Crippen LogP contribution is 2.45. The largest absolute Gasteiger partial charge is 0.457 e. The van der Waals surface area contributed by atoms with E-state index < -0.39 is 0 Å². The van der Waals surface area contributed by atoms with E-state index in [9.17, 15) is 0 Å². The Bertz CT molecular complexity index is 1540. The van der Waals surface area contributed by atoms with Crippen LogP contribution in [0.3, 0.4) is 0 Å². The fourth-order valence-electron chi connectivity index (χ4n) is 5.98. The first-order chi connectivity index (χ1) is 20.5. The van der Waals surface area contributed by atoms with E-state index in [4.69, 9.17) is 20.9 Å². The van der Waals surface area contributed by atoms with E-state index in [-0.39, 0.29) is 11.3 Å². The summed E-state index contributed by atoms with van der Waals surface area (Å²) >= 11 is 0. The summed E-state index contributed by atoms with van der Waals surface area (Å²) in [5, 5.41) is 0. The summed E-state index contributed by atoms with van der Waals surface area (Å²) < 4.78 is 12.8. The van der Waals surface area contributed by atoms with E-state index in [0.29, 0.717) is 11.4 Å². The van der Waals surface area contributed by atoms with Crippen LogP contribution >= 0.6 is 0 Å². The smallest absolute Gasteiger partial charge is 0.130 e. The van der Waals surface area contributed by atoms with Crippen molar-refractivity contribution in [3.63, 3.8) is 0 Å². The molecule has 1 unspecified atom stereocenters. The number of nitrogens with two attached hydrogens (primary N) is 2. The molecular weight excluding hydrogens is 528 g/mol. The molecule has 4 heteroatoms. The molecule has 0 radical (unpaired) electrons. The van der Waals surface area contributed by atoms with Gasteiger partial charge in [-0.3, -0.25) is 0 Å². The van der Waals surface area contributed by atoms with Gasteiger partial charge in [-0.15, -0.1) is 0 Å². The summed E-state index contributed by atoms with van der Waals surface area (Å²) in [6.07, 6.45) is 6.44. The number of anilines is 2. The predicted molar refractivity (Wildman–Crippen MR) is 183 cm³/mol. The Labute approximate surface area is 259 Å². The SMILES string of the molecule is CCCCc1cc(C(C)C(C)(C)c2cc(CCCC)c(Oc3cccc(N)c3)cc2C)c(C)cc1Oc1cccc(N)c1. The zero-order valence-electron chi connectivity index (χ0n) is 27.2. The van der Waals surface area contributed by atoms with Crippen molar-refractivity contribution in [3.8, 4) is 23.0 Å². The van der Waals surface area contributed by atoms with Crippen molar-refractivity contribution in [1.29, 1.82) is 0 Å². The molecule has 0 spiro atoms. The van der Waals surface area contributed by atoms with Gasteiger partial charge in [0.2, 0.25) is 0 Å². The van der Waals surface area contributed by atoms with Gasteiger partial charge in [0.25, 0.3) is 0 Å². The van der Waals surface area contributed by atoms with Crippen molar-refractivity contribution in [2.45, 2.75) is 98.3 Å². The van der Waals surface area contributed by atoms with Crippen molar-refractivity contribution >= 4 is 11.4 Å². The highest BCUT2D eigenvalue weighted by molar-refractivity contribution is 5.53. The lowest BCUT2D eigenvalue weighted by Gasteiger charge is -2.36. The average Bonchev–Trinajstić information content (AvgIpc) is 2.96. The average molecular weight is 579 g/mol. The molecule has 4 aromatic carbocycles. The number of unbranched alkanes of at least 4 members (excludes halogenated alkanes) is 2. The number of rotatable bonds is 13. The fourth-order valence-corrected chi connectivity index (χ4v) is 5.98. The molecule has 0 heterocycles. The molecule has 0 aliphatic carbocycles. The van der Waals surface area contributed by atoms with Gasteiger partial charge in [0.1, 0.15) is 23.0 Å². The molecule has 4 aromatic rings. The van der Waals surface area contributed by atoms with Gasteiger partial charge in [0.15, 0.2) is 0 Å². The molecule has 0 saturated heterocycles. The van der Waals surface area contributed by atoms with E-state index >= 15 is 0 Å². The Hall–Kier alpha value is -3.92. The monoisotopic (exact) mass is 578 g/mol. The summed E-state index contributed by atoms with van der Waals surface area (Å²) in [6, 6.07) is 24.6. The minimum atomic E-state index is -0.121. The highest BCUT2D eigenvalue weighted by Gasteiger charge is 2.33. The molecule has 228 valence electrons. The second-order valence-corrected chi connectivity index (χ2v) is 12.6. The Morgan fingerprint density at radius 2 is 1.16 bits per heavy atom. The maximum atomic E-state index is 6.42. The number of aryl methyl sites for hydroxylation is 4. The zero-order valence-corrected chi connectivity index (χ0v) is 27.2. The number of nitrogen functional groups attached to an aromatic ring is 2. The summed E-state index contributed by atoms with van der Waals surface area (Å²) in [6.45, 7) is 16.0. The number of hydrogen-bond acceptors (Lipinski definition) is 4. The van der Waals surface area contributed by atoms with E-state index in [1.807, 2.05) is 48.5 Å². The lowest BCUT2D eigenvalue weighted by atomic mass is 9.68. The lowest BCUT2D eigenvalue weighted by molar-refractivity contribution is 0.427. The van der Waals surface area contributed by atoms with Crippen LogP contribution in [-0.4, -0.2) is 0 Å². The number of ether oxygens (including phenoxy) is 2. The number of benzene rings is 4. The van der Waals surface area contributed by atoms with Crippen molar-refractivity contribution in [1.82, 2.24) is 0 Å². The van der Waals surface area contributed by atoms with Crippen molar-refractivity contribution < 1.29 is 9.47 Å². The first-order valence-corrected chi connectivity index (χ1v) is 15.9. The van der Waals surface area contributed by atoms with Gasteiger partial charge in [-0.05, 0) is 121 Å². The molecule has 0 saturated carbocycles. The molecule has 0 amide bonds. The van der Waals surface area contributed by atoms with Crippen LogP contribution in [0.15, 0.2) is 72.8 Å². The standard InChI is InChI=1S/C39H50N2O2/c1-8-10-14-29-22-35(26(3)20-37(29)42-33-18-12-16-31(40)24-33)28(5)39(6,7)36-23-30(15-11-9-2)38(21-27(36)4)43-34-19-13-17-32(41)25-34/h12-13,16-25,28H,8-11,14-15,40-41H2,1-7H3. The van der Waals surface area contributed by atoms with Crippen LogP contribution in [0.1, 0.15) is 99.6 Å². The topological polar surface area (TPSA) is 70.5 Å². The Morgan fingerprint density at radius 1 is 0.674 bits per heavy atom. The molecule has 0 aromatic heterocycles. The van der Waals surface area contributed by atoms with E-state index in [0.717, 1.165) is 61.5 Å². The summed E-state index contributed by atoms with van der Waals surface area (Å²) in [5.41, 5.74) is 21.1. The molecule has 1 atom stereocenters. The Morgan fingerprint density at radius 3 is 1.65 bits per heavy atom. The normalized spacial score (nSPS) is 12.3. The fraction of sp³-hybridized carbons (Fsp3) is 0.385. The molecule has 0 bridgehead atoms. The third-order valence-electron chi connectivity index (χ3n) is 8.87. The summed E-state index contributed by atoms with van der Waals surface area (Å²) in [7, 11) is 0. The van der Waals surface area contributed by atoms with Crippen LogP contribution < -0.4 is 20.9 Å². The van der Waals surface area contributed by atoms with Crippen molar-refractivity contribution in [2.24, 2.45) is 0 Å². The molecule has 0 aliphatic heterocycles. The second-order valence-electron chi connectivity index (χ2n) is 12.6. The Balaban J connectivity index is 1.72. The molecule has 4 N–H and O–H groups in total. The van der Waals surface area contributed by atoms with E-state index in [2.05, 4.69) is 72.7 Å². The van der Waals surface area contributed by atoms with Crippen LogP contribution in [0.5, 0.6) is 23.0 Å². The van der Waals surface area contributed by atoms with Gasteiger partial charge >= 0.3 is 0 Å². The van der Waals surface area contributed by atoms with E-state index in [1.54, 1.807) is 0 Å². The van der Waals surface area contributed by atoms with Gasteiger partial charge in [-0.25, -0.2) is 0 Å². The maximum absolute atomic E-state index is 6.42. The zero-order chi connectivity index (χ0) is 31.1. The maximum Gasteiger partial charge on any atom is 0.130 e. The second kappa shape index (κ2) is 14.0. The van der Waals surface area contributed by atoms with Gasteiger partial charge in [-0.2, -0.15) is 0 Å². The third-order valence-corrected chi connectivity index (χ3v) is 8.87. The van der Waals surface area contributed by atoms with E-state index in [1.165, 1.54) is 33.4 Å². The van der Waals surface area contributed by atoms with Crippen LogP contribution in [0.2, 0.25) is 0 Å². The Kier molecular flexibility index (Phi) is 10.4. The van der Waals surface area contributed by atoms with Crippen LogP contribution in [-0.2, 0) is 18.3 Å². The summed E-state index contributed by atoms with van der Waals surface area (Å²) in [5.74, 6) is 3.66. The predicted octanol–water partition coefficient (Wildman–Crippen LogP) is 10.8. The minimum absolute atomic E-state index is 0.121. The van der Waals surface area contributed by atoms with Crippen LogP contribution in [0, 0.1) is 13.8 Å². The van der Waals surface area contributed by atoms with Gasteiger partial charge in [-0.1, -0.05) is 71.7 Å². The first-order valence-electron chi connectivity index (χ1n) is 15.9. The van der Waals surface area contributed by atoms with Crippen molar-refractivity contribution in [3.05, 3.63) is 106 Å². The summed E-state index contributed by atoms with van der Waals surface area (Å²) in [4.78, 5) is 0. The van der Waals surface area contributed by atoms with Gasteiger partial charge in [0, 0.05) is 23.5 Å². The minimum Gasteiger partial charge on any atom is -0.457 e. The quantitative estimate of drug-likeness (QED) is 0.155. The van der Waals surface area contributed by atoms with Crippen molar-refractivity contribution in [2.75, 3.05) is 11.5 Å². The number of hydrogen-bond donors (Lipinski definition) is 2. The third kappa shape index (κ3) is 7.73. The lowest BCUT2D eigenvalue weighted by Crippen LogP contribution is -2.27. The highest BCUT2D eigenvalue weighted by atomic mass is 16.5. The molecule has 4 nitrogen and oxygen atoms in total. The first kappa shape index (κ1) is 32.0. The molecule has 43 heavy (non-hydrogen) atoms.